The van der Waals surface area contributed by atoms with Gasteiger partial charge in [0.05, 0.1) is 4.90 Å². The van der Waals surface area contributed by atoms with E-state index in [-0.39, 0.29) is 17.2 Å². The molecule has 0 saturated heterocycles. The number of pyridine rings is 1. The maximum Gasteiger partial charge on any atom is 0.240 e. The molecule has 0 aliphatic carbocycles. The first-order chi connectivity index (χ1) is 8.97. The summed E-state index contributed by atoms with van der Waals surface area (Å²) in [7, 11) is -3.57. The molecule has 0 radical (unpaired) electrons. The van der Waals surface area contributed by atoms with Gasteiger partial charge < -0.3 is 5.11 Å². The van der Waals surface area contributed by atoms with E-state index in [4.69, 9.17) is 5.11 Å². The zero-order valence-electron chi connectivity index (χ0n) is 10.4. The molecular weight excluding hydrogens is 264 g/mol. The van der Waals surface area contributed by atoms with Crippen molar-refractivity contribution in [3.8, 4) is 5.75 Å². The fraction of sp³-hybridized carbons (Fsp3) is 0.154. The van der Waals surface area contributed by atoms with Crippen molar-refractivity contribution < 1.29 is 13.5 Å². The quantitative estimate of drug-likeness (QED) is 0.889. The topological polar surface area (TPSA) is 79.3 Å². The van der Waals surface area contributed by atoms with Gasteiger partial charge in [0.25, 0.3) is 0 Å². The Labute approximate surface area is 112 Å². The Morgan fingerprint density at radius 3 is 2.42 bits per heavy atom. The number of nitrogens with one attached hydrogen (secondary N) is 1. The van der Waals surface area contributed by atoms with E-state index in [1.807, 2.05) is 19.1 Å². The molecule has 2 N–H and O–H groups in total. The van der Waals surface area contributed by atoms with Gasteiger partial charge in [-0.15, -0.1) is 0 Å². The highest BCUT2D eigenvalue weighted by Gasteiger charge is 2.13. The average Bonchev–Trinajstić information content (AvgIpc) is 2.39. The minimum Gasteiger partial charge on any atom is -0.508 e. The second kappa shape index (κ2) is 5.38. The smallest absolute Gasteiger partial charge is 0.240 e. The summed E-state index contributed by atoms with van der Waals surface area (Å²) in [6, 6.07) is 9.02. The minimum atomic E-state index is -3.57. The zero-order chi connectivity index (χ0) is 13.9. The third kappa shape index (κ3) is 3.52. The van der Waals surface area contributed by atoms with Crippen molar-refractivity contribution >= 4 is 10.0 Å². The number of aryl methyl sites for hydroxylation is 1. The van der Waals surface area contributed by atoms with Crippen LogP contribution in [0.15, 0.2) is 47.5 Å². The third-order valence-corrected chi connectivity index (χ3v) is 4.00. The van der Waals surface area contributed by atoms with E-state index in [1.165, 1.54) is 24.3 Å². The van der Waals surface area contributed by atoms with Crippen LogP contribution in [0.1, 0.15) is 11.3 Å². The molecule has 2 rings (SSSR count). The number of aromatic nitrogens is 1. The molecule has 1 aromatic carbocycles. The number of benzene rings is 1. The van der Waals surface area contributed by atoms with Gasteiger partial charge in [0.1, 0.15) is 5.75 Å². The van der Waals surface area contributed by atoms with Crippen LogP contribution in [-0.2, 0) is 16.6 Å². The van der Waals surface area contributed by atoms with Crippen LogP contribution in [0.25, 0.3) is 0 Å². The summed E-state index contributed by atoms with van der Waals surface area (Å²) >= 11 is 0. The van der Waals surface area contributed by atoms with E-state index in [2.05, 4.69) is 9.71 Å². The standard InChI is InChI=1S/C13H14N2O3S/c1-10-2-3-11(8-14-10)9-15-19(17,18)13-6-4-12(16)5-7-13/h2-8,15-16H,9H2,1H3. The molecule has 0 aliphatic heterocycles. The molecule has 1 heterocycles. The molecule has 5 nitrogen and oxygen atoms in total. The van der Waals surface area contributed by atoms with Gasteiger partial charge in [-0.1, -0.05) is 6.07 Å². The van der Waals surface area contributed by atoms with E-state index in [0.717, 1.165) is 11.3 Å². The Balaban J connectivity index is 2.09. The highest BCUT2D eigenvalue weighted by atomic mass is 32.2. The highest BCUT2D eigenvalue weighted by Crippen LogP contribution is 2.14. The van der Waals surface area contributed by atoms with Crippen molar-refractivity contribution in [2.75, 3.05) is 0 Å². The lowest BCUT2D eigenvalue weighted by atomic mass is 10.2. The SMILES string of the molecule is Cc1ccc(CNS(=O)(=O)c2ccc(O)cc2)cn1. The van der Waals surface area contributed by atoms with Gasteiger partial charge in [0.2, 0.25) is 10.0 Å². The van der Waals surface area contributed by atoms with Crippen molar-refractivity contribution in [2.24, 2.45) is 0 Å². The average molecular weight is 278 g/mol. The molecule has 0 fully saturated rings. The molecular formula is C13H14N2O3S. The lowest BCUT2D eigenvalue weighted by Gasteiger charge is -2.07. The number of phenols is 1. The summed E-state index contributed by atoms with van der Waals surface area (Å²) in [5.74, 6) is 0.0293. The molecule has 0 aliphatic rings. The summed E-state index contributed by atoms with van der Waals surface area (Å²) in [6.07, 6.45) is 1.63. The largest absolute Gasteiger partial charge is 0.508 e. The first-order valence-electron chi connectivity index (χ1n) is 5.67. The van der Waals surface area contributed by atoms with Crippen LogP contribution in [0.4, 0.5) is 0 Å². The fourth-order valence-electron chi connectivity index (χ4n) is 1.49. The van der Waals surface area contributed by atoms with Crippen LogP contribution < -0.4 is 4.72 Å². The third-order valence-electron chi connectivity index (χ3n) is 2.59. The van der Waals surface area contributed by atoms with E-state index in [9.17, 15) is 8.42 Å². The number of hydrogen-bond donors (Lipinski definition) is 2. The van der Waals surface area contributed by atoms with E-state index < -0.39 is 10.0 Å². The number of rotatable bonds is 4. The van der Waals surface area contributed by atoms with Crippen LogP contribution in [0.5, 0.6) is 5.75 Å². The fourth-order valence-corrected chi connectivity index (χ4v) is 2.51. The summed E-state index contributed by atoms with van der Waals surface area (Å²) in [5, 5.41) is 9.13. The Bertz CT molecular complexity index is 649. The van der Waals surface area contributed by atoms with Gasteiger partial charge in [0.15, 0.2) is 0 Å². The normalized spacial score (nSPS) is 11.4. The molecule has 0 unspecified atom stereocenters. The Morgan fingerprint density at radius 1 is 1.16 bits per heavy atom. The first-order valence-corrected chi connectivity index (χ1v) is 7.16. The number of aromatic hydroxyl groups is 1. The molecule has 0 bridgehead atoms. The van der Waals surface area contributed by atoms with Crippen LogP contribution in [0.2, 0.25) is 0 Å². The Morgan fingerprint density at radius 2 is 1.84 bits per heavy atom. The first kappa shape index (κ1) is 13.5. The summed E-state index contributed by atoms with van der Waals surface area (Å²) in [5.41, 5.74) is 1.66. The predicted octanol–water partition coefficient (Wildman–Crippen LogP) is 1.57. The number of sulfonamides is 1. The van der Waals surface area contributed by atoms with Crippen molar-refractivity contribution in [3.63, 3.8) is 0 Å². The summed E-state index contributed by atoms with van der Waals surface area (Å²) in [6.45, 7) is 2.04. The second-order valence-electron chi connectivity index (χ2n) is 4.13. The molecule has 100 valence electrons. The molecule has 0 saturated carbocycles. The van der Waals surface area contributed by atoms with Crippen molar-refractivity contribution in [3.05, 3.63) is 53.9 Å². The van der Waals surface area contributed by atoms with Crippen molar-refractivity contribution in [1.82, 2.24) is 9.71 Å². The van der Waals surface area contributed by atoms with Gasteiger partial charge in [-0.05, 0) is 42.8 Å². The monoisotopic (exact) mass is 278 g/mol. The van der Waals surface area contributed by atoms with Crippen LogP contribution in [-0.4, -0.2) is 18.5 Å². The maximum atomic E-state index is 12.0. The van der Waals surface area contributed by atoms with Gasteiger partial charge in [-0.2, -0.15) is 0 Å². The van der Waals surface area contributed by atoms with Crippen LogP contribution in [0, 0.1) is 6.92 Å². The molecule has 2 aromatic rings. The molecule has 1 aromatic heterocycles. The second-order valence-corrected chi connectivity index (χ2v) is 5.89. The Kier molecular flexibility index (Phi) is 3.82. The van der Waals surface area contributed by atoms with E-state index >= 15 is 0 Å². The molecule has 6 heteroatoms. The molecule has 0 spiro atoms. The van der Waals surface area contributed by atoms with Gasteiger partial charge in [0, 0.05) is 18.4 Å². The molecule has 0 atom stereocenters. The lowest BCUT2D eigenvalue weighted by molar-refractivity contribution is 0.474. The van der Waals surface area contributed by atoms with Crippen LogP contribution in [0.3, 0.4) is 0 Å². The number of hydrogen-bond acceptors (Lipinski definition) is 4. The van der Waals surface area contributed by atoms with Gasteiger partial charge in [-0.25, -0.2) is 13.1 Å². The number of nitrogens with zero attached hydrogens (tertiary/aromatic N) is 1. The summed E-state index contributed by atoms with van der Waals surface area (Å²) < 4.78 is 26.4. The maximum absolute atomic E-state index is 12.0. The van der Waals surface area contributed by atoms with E-state index in [0.29, 0.717) is 0 Å². The van der Waals surface area contributed by atoms with Crippen molar-refractivity contribution in [1.29, 1.82) is 0 Å². The van der Waals surface area contributed by atoms with Gasteiger partial charge >= 0.3 is 0 Å². The van der Waals surface area contributed by atoms with Crippen LogP contribution >= 0.6 is 0 Å². The molecule has 0 amide bonds. The highest BCUT2D eigenvalue weighted by molar-refractivity contribution is 7.89. The van der Waals surface area contributed by atoms with E-state index in [1.54, 1.807) is 6.20 Å². The lowest BCUT2D eigenvalue weighted by Crippen LogP contribution is -2.23. The van der Waals surface area contributed by atoms with Gasteiger partial charge in [-0.3, -0.25) is 4.98 Å². The number of phenolic OH excluding ortho intramolecular Hbond substituents is 1. The zero-order valence-corrected chi connectivity index (χ0v) is 11.2. The minimum absolute atomic E-state index is 0.0293. The predicted molar refractivity (Wildman–Crippen MR) is 71.1 cm³/mol. The molecule has 19 heavy (non-hydrogen) atoms. The Hall–Kier alpha value is -1.92. The van der Waals surface area contributed by atoms with Crippen molar-refractivity contribution in [2.45, 2.75) is 18.4 Å². The summed E-state index contributed by atoms with van der Waals surface area (Å²) in [4.78, 5) is 4.21.